The van der Waals surface area contributed by atoms with Gasteiger partial charge in [-0.05, 0) is 60.4 Å². The van der Waals surface area contributed by atoms with E-state index < -0.39 is 9.84 Å². The summed E-state index contributed by atoms with van der Waals surface area (Å²) in [4.78, 5) is 14.5. The van der Waals surface area contributed by atoms with Crippen molar-refractivity contribution in [1.82, 2.24) is 5.32 Å². The lowest BCUT2D eigenvalue weighted by molar-refractivity contribution is 0.0955. The second-order valence-electron chi connectivity index (χ2n) is 7.47. The van der Waals surface area contributed by atoms with E-state index in [1.54, 1.807) is 12.1 Å². The molecule has 30 heavy (non-hydrogen) atoms. The van der Waals surface area contributed by atoms with Gasteiger partial charge in [-0.2, -0.15) is 0 Å². The number of sulfone groups is 1. The van der Waals surface area contributed by atoms with Crippen LogP contribution in [0.2, 0.25) is 0 Å². The average molecular weight is 442 g/mol. The van der Waals surface area contributed by atoms with Gasteiger partial charge in [0.25, 0.3) is 5.91 Å². The molecule has 0 spiro atoms. The number of carbonyl (C=O) groups is 1. The third-order valence-corrected chi connectivity index (χ3v) is 8.42. The number of aryl methyl sites for hydroxylation is 1. The quantitative estimate of drug-likeness (QED) is 0.665. The molecular weight excluding hydrogens is 422 g/mol. The van der Waals surface area contributed by atoms with Crippen LogP contribution in [0.3, 0.4) is 0 Å². The molecule has 154 valence electrons. The highest BCUT2D eigenvalue weighted by atomic mass is 32.2. The summed E-state index contributed by atoms with van der Waals surface area (Å²) in [5.41, 5.74) is 4.28. The molecule has 6 nitrogen and oxygen atoms in total. The molecular formula is C22H19NO5S2. The van der Waals surface area contributed by atoms with E-state index in [1.807, 2.05) is 38.1 Å². The van der Waals surface area contributed by atoms with Crippen molar-refractivity contribution in [2.75, 3.05) is 6.79 Å². The van der Waals surface area contributed by atoms with Crippen LogP contribution in [0.4, 0.5) is 0 Å². The van der Waals surface area contributed by atoms with Crippen molar-refractivity contribution >= 4 is 27.1 Å². The summed E-state index contributed by atoms with van der Waals surface area (Å²) in [5, 5.41) is 2.91. The number of rotatable bonds is 3. The van der Waals surface area contributed by atoms with E-state index in [0.29, 0.717) is 33.4 Å². The zero-order chi connectivity index (χ0) is 21.0. The summed E-state index contributed by atoms with van der Waals surface area (Å²) >= 11 is 1.34. The van der Waals surface area contributed by atoms with Gasteiger partial charge in [0.15, 0.2) is 21.3 Å². The van der Waals surface area contributed by atoms with Gasteiger partial charge in [0.1, 0.15) is 0 Å². The molecule has 3 heterocycles. The predicted octanol–water partition coefficient (Wildman–Crippen LogP) is 3.98. The Bertz CT molecular complexity index is 1310. The first-order valence-corrected chi connectivity index (χ1v) is 11.9. The van der Waals surface area contributed by atoms with Crippen molar-refractivity contribution in [2.45, 2.75) is 31.0 Å². The predicted molar refractivity (Wildman–Crippen MR) is 114 cm³/mol. The van der Waals surface area contributed by atoms with E-state index in [4.69, 9.17) is 9.47 Å². The number of nitrogens with one attached hydrogen (secondary N) is 1. The Morgan fingerprint density at radius 1 is 1.10 bits per heavy atom. The highest BCUT2D eigenvalue weighted by Gasteiger charge is 2.32. The summed E-state index contributed by atoms with van der Waals surface area (Å²) in [6.07, 6.45) is 0. The molecule has 2 aromatic carbocycles. The van der Waals surface area contributed by atoms with Crippen LogP contribution in [0.1, 0.15) is 31.9 Å². The molecule has 8 heteroatoms. The SMILES string of the molecule is Cc1ccc2c(c1C)-c1sc(C(=O)NCc3ccc4c(c3)OCO4)cc1CS2(=O)=O. The summed E-state index contributed by atoms with van der Waals surface area (Å²) < 4.78 is 36.2. The van der Waals surface area contributed by atoms with Crippen molar-refractivity contribution in [1.29, 1.82) is 0 Å². The first-order chi connectivity index (χ1) is 14.3. The number of hydrogen-bond donors (Lipinski definition) is 1. The normalized spacial score (nSPS) is 15.4. The molecule has 5 rings (SSSR count). The summed E-state index contributed by atoms with van der Waals surface area (Å²) in [5.74, 6) is 1.06. The second kappa shape index (κ2) is 6.85. The highest BCUT2D eigenvalue weighted by molar-refractivity contribution is 7.91. The molecule has 0 bridgehead atoms. The lowest BCUT2D eigenvalue weighted by Crippen LogP contribution is -2.21. The van der Waals surface area contributed by atoms with Crippen molar-refractivity contribution < 1.29 is 22.7 Å². The number of fused-ring (bicyclic) bond motifs is 4. The Balaban J connectivity index is 1.43. The number of hydrogen-bond acceptors (Lipinski definition) is 6. The zero-order valence-corrected chi connectivity index (χ0v) is 18.1. The topological polar surface area (TPSA) is 81.7 Å². The van der Waals surface area contributed by atoms with Gasteiger partial charge >= 0.3 is 0 Å². The minimum atomic E-state index is -3.42. The van der Waals surface area contributed by atoms with Crippen LogP contribution < -0.4 is 14.8 Å². The lowest BCUT2D eigenvalue weighted by atomic mass is 10.00. The van der Waals surface area contributed by atoms with Crippen LogP contribution in [0, 0.1) is 13.8 Å². The second-order valence-corrected chi connectivity index (χ2v) is 10.5. The van der Waals surface area contributed by atoms with Gasteiger partial charge in [-0.1, -0.05) is 12.1 Å². The Morgan fingerprint density at radius 2 is 1.90 bits per heavy atom. The van der Waals surface area contributed by atoms with Gasteiger partial charge in [0.2, 0.25) is 6.79 Å². The zero-order valence-electron chi connectivity index (χ0n) is 16.4. The Labute approximate surface area is 178 Å². The van der Waals surface area contributed by atoms with Gasteiger partial charge in [-0.3, -0.25) is 4.79 Å². The van der Waals surface area contributed by atoms with Crippen LogP contribution >= 0.6 is 11.3 Å². The summed E-state index contributed by atoms with van der Waals surface area (Å²) in [7, 11) is -3.42. The van der Waals surface area contributed by atoms with Crippen LogP contribution in [0.15, 0.2) is 41.3 Å². The summed E-state index contributed by atoms with van der Waals surface area (Å²) in [6.45, 7) is 4.43. The fourth-order valence-corrected chi connectivity index (χ4v) is 6.80. The fraction of sp³-hybridized carbons (Fsp3) is 0.227. The first-order valence-electron chi connectivity index (χ1n) is 9.46. The third-order valence-electron chi connectivity index (χ3n) is 5.53. The molecule has 0 unspecified atom stereocenters. The third kappa shape index (κ3) is 3.07. The van der Waals surface area contributed by atoms with E-state index in [-0.39, 0.29) is 18.5 Å². The molecule has 1 aromatic heterocycles. The molecule has 3 aromatic rings. The molecule has 2 aliphatic heterocycles. The van der Waals surface area contributed by atoms with Gasteiger partial charge in [-0.25, -0.2) is 8.42 Å². The number of benzene rings is 2. The van der Waals surface area contributed by atoms with Crippen LogP contribution in [0.25, 0.3) is 10.4 Å². The Kier molecular flexibility index (Phi) is 4.37. The molecule has 1 amide bonds. The van der Waals surface area contributed by atoms with E-state index in [9.17, 15) is 13.2 Å². The van der Waals surface area contributed by atoms with E-state index in [1.165, 1.54) is 11.3 Å². The standard InChI is InChI=1S/C22H19NO5S2/c1-12-3-6-19-20(13(12)2)21-15(10-30(19,25)26)8-18(29-21)22(24)23-9-14-4-5-16-17(7-14)28-11-27-16/h3-8H,9-11H2,1-2H3,(H,23,24). The molecule has 0 fully saturated rings. The maximum absolute atomic E-state index is 12.8. The first kappa shape index (κ1) is 19.1. The average Bonchev–Trinajstić information content (AvgIpc) is 3.34. The number of ether oxygens (including phenoxy) is 2. The molecule has 0 saturated carbocycles. The maximum atomic E-state index is 12.8. The van der Waals surface area contributed by atoms with Crippen molar-refractivity contribution in [3.8, 4) is 21.9 Å². The molecule has 0 radical (unpaired) electrons. The molecule has 0 aliphatic carbocycles. The van der Waals surface area contributed by atoms with Gasteiger partial charge in [-0.15, -0.1) is 11.3 Å². The lowest BCUT2D eigenvalue weighted by Gasteiger charge is -2.20. The largest absolute Gasteiger partial charge is 0.454 e. The van der Waals surface area contributed by atoms with E-state index in [0.717, 1.165) is 27.1 Å². The number of thiophene rings is 1. The Hall–Kier alpha value is -2.84. The van der Waals surface area contributed by atoms with Gasteiger partial charge in [0, 0.05) is 17.0 Å². The van der Waals surface area contributed by atoms with Crippen LogP contribution in [0.5, 0.6) is 11.5 Å². The molecule has 1 N–H and O–H groups in total. The fourth-order valence-electron chi connectivity index (χ4n) is 3.79. The van der Waals surface area contributed by atoms with Crippen molar-refractivity contribution in [2.24, 2.45) is 0 Å². The van der Waals surface area contributed by atoms with Crippen molar-refractivity contribution in [3.63, 3.8) is 0 Å². The molecule has 0 saturated heterocycles. The van der Waals surface area contributed by atoms with Crippen LogP contribution in [-0.2, 0) is 22.1 Å². The monoisotopic (exact) mass is 441 g/mol. The van der Waals surface area contributed by atoms with Crippen LogP contribution in [-0.4, -0.2) is 21.1 Å². The van der Waals surface area contributed by atoms with E-state index in [2.05, 4.69) is 5.32 Å². The van der Waals surface area contributed by atoms with E-state index >= 15 is 0 Å². The number of carbonyl (C=O) groups excluding carboxylic acids is 1. The maximum Gasteiger partial charge on any atom is 0.261 e. The van der Waals surface area contributed by atoms with Crippen molar-refractivity contribution in [3.05, 3.63) is 63.5 Å². The molecule has 2 aliphatic rings. The minimum absolute atomic E-state index is 0.0796. The van der Waals surface area contributed by atoms with Gasteiger partial charge in [0.05, 0.1) is 15.5 Å². The molecule has 0 atom stereocenters. The Morgan fingerprint density at radius 3 is 2.73 bits per heavy atom. The van der Waals surface area contributed by atoms with Gasteiger partial charge < -0.3 is 14.8 Å². The smallest absolute Gasteiger partial charge is 0.261 e. The highest BCUT2D eigenvalue weighted by Crippen LogP contribution is 2.45. The number of amides is 1. The minimum Gasteiger partial charge on any atom is -0.454 e. The summed E-state index contributed by atoms with van der Waals surface area (Å²) in [6, 6.07) is 10.8.